The van der Waals surface area contributed by atoms with Crippen molar-refractivity contribution in [2.45, 2.75) is 71.7 Å². The molecule has 1 aliphatic rings. The Morgan fingerprint density at radius 2 is 2.00 bits per heavy atom. The van der Waals surface area contributed by atoms with Crippen LogP contribution in [-0.2, 0) is 13.1 Å². The summed E-state index contributed by atoms with van der Waals surface area (Å²) in [6, 6.07) is 5.79. The third kappa shape index (κ3) is 4.54. The van der Waals surface area contributed by atoms with E-state index >= 15 is 0 Å². The number of fused-ring (bicyclic) bond motifs is 1. The first-order valence-electron chi connectivity index (χ1n) is 11.0. The van der Waals surface area contributed by atoms with Gasteiger partial charge in [0.15, 0.2) is 0 Å². The van der Waals surface area contributed by atoms with Crippen molar-refractivity contribution in [2.24, 2.45) is 0 Å². The van der Waals surface area contributed by atoms with Crippen molar-refractivity contribution in [2.75, 3.05) is 5.32 Å². The van der Waals surface area contributed by atoms with E-state index in [4.69, 9.17) is 0 Å². The van der Waals surface area contributed by atoms with Crippen LogP contribution in [0.25, 0.3) is 10.9 Å². The lowest BCUT2D eigenvalue weighted by atomic mass is 9.93. The number of carbonyl (C=O) groups is 1. The summed E-state index contributed by atoms with van der Waals surface area (Å²) in [4.78, 5) is 22.1. The molecule has 0 unspecified atom stereocenters. The van der Waals surface area contributed by atoms with Gasteiger partial charge in [0.1, 0.15) is 0 Å². The molecule has 1 amide bonds. The second-order valence-corrected chi connectivity index (χ2v) is 8.23. The summed E-state index contributed by atoms with van der Waals surface area (Å²) in [5.74, 6) is 0.351. The van der Waals surface area contributed by atoms with Crippen LogP contribution in [0.3, 0.4) is 0 Å². The summed E-state index contributed by atoms with van der Waals surface area (Å²) in [7, 11) is 0. The monoisotopic (exact) mass is 422 g/mol. The molecule has 8 nitrogen and oxygen atoms in total. The van der Waals surface area contributed by atoms with Gasteiger partial charge in [-0.2, -0.15) is 5.10 Å². The van der Waals surface area contributed by atoms with E-state index in [9.17, 15) is 9.90 Å². The molecule has 4 rings (SSSR count). The maximum absolute atomic E-state index is 13.0. The van der Waals surface area contributed by atoms with Gasteiger partial charge in [-0.3, -0.25) is 9.48 Å². The number of hydrogen-bond donors (Lipinski definition) is 3. The highest BCUT2D eigenvalue weighted by Gasteiger charge is 2.20. The van der Waals surface area contributed by atoms with Gasteiger partial charge in [-0.05, 0) is 52.5 Å². The number of nitrogens with zero attached hydrogens (tertiary/aromatic N) is 4. The minimum absolute atomic E-state index is 0.168. The number of carbonyl (C=O) groups excluding carboxylic acids is 1. The second-order valence-electron chi connectivity index (χ2n) is 8.23. The van der Waals surface area contributed by atoms with Gasteiger partial charge in [-0.1, -0.05) is 12.1 Å². The summed E-state index contributed by atoms with van der Waals surface area (Å²) in [6.45, 7) is 7.27. The standard InChI is InChI=1S/C23H30N6O2/c1-4-29-15(3)20(14(2)28-29)13-24-22(31)19-7-5-6-16-12-25-23(27-21(16)19)26-17-8-10-18(30)11-9-17/h5-7,12,17-18,30H,4,8-11,13H2,1-3H3,(H,24,31)(H,25,26,27). The Morgan fingerprint density at radius 3 is 2.71 bits per heavy atom. The van der Waals surface area contributed by atoms with E-state index in [-0.39, 0.29) is 18.1 Å². The number of hydrogen-bond acceptors (Lipinski definition) is 6. The van der Waals surface area contributed by atoms with Crippen LogP contribution in [0.2, 0.25) is 0 Å². The minimum atomic E-state index is -0.206. The van der Waals surface area contributed by atoms with E-state index in [2.05, 4.69) is 32.6 Å². The zero-order valence-corrected chi connectivity index (χ0v) is 18.4. The number of aliphatic hydroxyl groups is 1. The number of amides is 1. The van der Waals surface area contributed by atoms with Crippen LogP contribution >= 0.6 is 0 Å². The Morgan fingerprint density at radius 1 is 1.23 bits per heavy atom. The fourth-order valence-electron chi connectivity index (χ4n) is 4.27. The lowest BCUT2D eigenvalue weighted by molar-refractivity contribution is 0.0952. The number of nitrogens with one attached hydrogen (secondary N) is 2. The zero-order chi connectivity index (χ0) is 22.0. The molecular formula is C23H30N6O2. The predicted octanol–water partition coefficient (Wildman–Crippen LogP) is 3.11. The molecule has 2 aromatic heterocycles. The molecular weight excluding hydrogens is 392 g/mol. The van der Waals surface area contributed by atoms with E-state index in [0.29, 0.717) is 23.6 Å². The number of aliphatic hydroxyl groups excluding tert-OH is 1. The molecule has 1 fully saturated rings. The van der Waals surface area contributed by atoms with E-state index in [1.165, 1.54) is 0 Å². The number of para-hydroxylation sites is 1. The summed E-state index contributed by atoms with van der Waals surface area (Å²) >= 11 is 0. The van der Waals surface area contributed by atoms with Crippen LogP contribution in [0.4, 0.5) is 5.95 Å². The van der Waals surface area contributed by atoms with Gasteiger partial charge in [0.2, 0.25) is 5.95 Å². The molecule has 164 valence electrons. The molecule has 8 heteroatoms. The molecule has 1 aromatic carbocycles. The largest absolute Gasteiger partial charge is 0.393 e. The van der Waals surface area contributed by atoms with Gasteiger partial charge in [-0.25, -0.2) is 9.97 Å². The Bertz CT molecular complexity index is 1090. The molecule has 0 atom stereocenters. The van der Waals surface area contributed by atoms with Crippen molar-refractivity contribution >= 4 is 22.8 Å². The highest BCUT2D eigenvalue weighted by Crippen LogP contribution is 2.23. The van der Waals surface area contributed by atoms with Gasteiger partial charge in [-0.15, -0.1) is 0 Å². The first-order chi connectivity index (χ1) is 15.0. The number of aryl methyl sites for hydroxylation is 2. The summed E-state index contributed by atoms with van der Waals surface area (Å²) in [5.41, 5.74) is 4.21. The molecule has 0 saturated heterocycles. The van der Waals surface area contributed by atoms with E-state index in [1.54, 1.807) is 12.3 Å². The van der Waals surface area contributed by atoms with Crippen LogP contribution in [0.1, 0.15) is 59.9 Å². The Labute approximate surface area is 182 Å². The predicted molar refractivity (Wildman–Crippen MR) is 120 cm³/mol. The Balaban J connectivity index is 1.52. The second kappa shape index (κ2) is 9.01. The van der Waals surface area contributed by atoms with Gasteiger partial charge >= 0.3 is 0 Å². The molecule has 2 heterocycles. The average Bonchev–Trinajstić information content (AvgIpc) is 3.05. The van der Waals surface area contributed by atoms with Crippen molar-refractivity contribution in [3.63, 3.8) is 0 Å². The van der Waals surface area contributed by atoms with Gasteiger partial charge in [0, 0.05) is 42.0 Å². The smallest absolute Gasteiger partial charge is 0.253 e. The van der Waals surface area contributed by atoms with Crippen molar-refractivity contribution in [3.05, 3.63) is 46.9 Å². The fourth-order valence-corrected chi connectivity index (χ4v) is 4.27. The molecule has 0 spiro atoms. The molecule has 1 saturated carbocycles. The molecule has 0 bridgehead atoms. The van der Waals surface area contributed by atoms with Crippen molar-refractivity contribution in [1.82, 2.24) is 25.1 Å². The summed E-state index contributed by atoms with van der Waals surface area (Å²) in [6.07, 6.45) is 4.88. The first-order valence-corrected chi connectivity index (χ1v) is 11.0. The van der Waals surface area contributed by atoms with E-state index in [0.717, 1.165) is 54.6 Å². The Hall–Kier alpha value is -3.00. The van der Waals surface area contributed by atoms with E-state index in [1.807, 2.05) is 30.7 Å². The molecule has 0 radical (unpaired) electrons. The summed E-state index contributed by atoms with van der Waals surface area (Å²) in [5, 5.41) is 21.4. The van der Waals surface area contributed by atoms with Gasteiger partial charge in [0.05, 0.1) is 22.9 Å². The van der Waals surface area contributed by atoms with Crippen LogP contribution < -0.4 is 10.6 Å². The fraction of sp³-hybridized carbons (Fsp3) is 0.478. The van der Waals surface area contributed by atoms with Crippen LogP contribution in [0, 0.1) is 13.8 Å². The SMILES string of the molecule is CCn1nc(C)c(CNC(=O)c2cccc3cnc(NC4CCC(O)CC4)nc23)c1C. The molecule has 1 aliphatic carbocycles. The Kier molecular flexibility index (Phi) is 6.18. The van der Waals surface area contributed by atoms with Crippen LogP contribution in [0.5, 0.6) is 0 Å². The minimum Gasteiger partial charge on any atom is -0.393 e. The molecule has 0 aliphatic heterocycles. The maximum atomic E-state index is 13.0. The molecule has 3 N–H and O–H groups in total. The van der Waals surface area contributed by atoms with Gasteiger partial charge < -0.3 is 15.7 Å². The van der Waals surface area contributed by atoms with E-state index < -0.39 is 0 Å². The first kappa shape index (κ1) is 21.2. The summed E-state index contributed by atoms with van der Waals surface area (Å²) < 4.78 is 1.95. The lowest BCUT2D eigenvalue weighted by Gasteiger charge is -2.26. The van der Waals surface area contributed by atoms with Crippen molar-refractivity contribution in [3.8, 4) is 0 Å². The molecule has 31 heavy (non-hydrogen) atoms. The van der Waals surface area contributed by atoms with Gasteiger partial charge in [0.25, 0.3) is 5.91 Å². The highest BCUT2D eigenvalue weighted by molar-refractivity contribution is 6.05. The number of anilines is 1. The van der Waals surface area contributed by atoms with Crippen LogP contribution in [0.15, 0.2) is 24.4 Å². The third-order valence-corrected chi connectivity index (χ3v) is 6.14. The number of aromatic nitrogens is 4. The zero-order valence-electron chi connectivity index (χ0n) is 18.4. The maximum Gasteiger partial charge on any atom is 0.253 e. The lowest BCUT2D eigenvalue weighted by Crippen LogP contribution is -2.29. The highest BCUT2D eigenvalue weighted by atomic mass is 16.3. The molecule has 3 aromatic rings. The number of rotatable bonds is 6. The number of benzene rings is 1. The topological polar surface area (TPSA) is 105 Å². The average molecular weight is 423 g/mol. The van der Waals surface area contributed by atoms with Crippen molar-refractivity contribution < 1.29 is 9.90 Å². The quantitative estimate of drug-likeness (QED) is 0.564. The third-order valence-electron chi connectivity index (χ3n) is 6.14. The normalized spacial score (nSPS) is 18.8. The van der Waals surface area contributed by atoms with Crippen molar-refractivity contribution in [1.29, 1.82) is 0 Å². The van der Waals surface area contributed by atoms with Crippen LogP contribution in [-0.4, -0.2) is 42.9 Å².